The highest BCUT2D eigenvalue weighted by Crippen LogP contribution is 2.34. The highest BCUT2D eigenvalue weighted by molar-refractivity contribution is 5.76. The minimum absolute atomic E-state index is 0.0390. The van der Waals surface area contributed by atoms with Gasteiger partial charge in [0.15, 0.2) is 5.96 Å². The van der Waals surface area contributed by atoms with Crippen molar-refractivity contribution >= 4 is 23.1 Å². The van der Waals surface area contributed by atoms with Crippen molar-refractivity contribution in [2.24, 2.45) is 22.2 Å². The summed E-state index contributed by atoms with van der Waals surface area (Å²) in [6.45, 7) is 18.9. The molecule has 2 aromatic heterocycles. The Morgan fingerprint density at radius 3 is 2.37 bits per heavy atom. The van der Waals surface area contributed by atoms with Crippen molar-refractivity contribution in [3.05, 3.63) is 98.7 Å². The number of aromatic amines is 1. The van der Waals surface area contributed by atoms with Crippen molar-refractivity contribution in [3.8, 4) is 5.69 Å². The maximum Gasteiger partial charge on any atom is 0.354 e. The number of aromatic nitrogens is 3. The lowest BCUT2D eigenvalue weighted by atomic mass is 9.81. The Bertz CT molecular complexity index is 1810. The molecule has 0 spiro atoms. The van der Waals surface area contributed by atoms with E-state index >= 15 is 0 Å². The van der Waals surface area contributed by atoms with Crippen molar-refractivity contribution < 1.29 is 0 Å². The topological polar surface area (TPSA) is 153 Å². The molecule has 264 valence electrons. The summed E-state index contributed by atoms with van der Waals surface area (Å²) in [5, 5.41) is 4.36. The number of nitrogens with two attached hydrogens (primary N) is 3. The van der Waals surface area contributed by atoms with Crippen molar-refractivity contribution in [2.45, 2.75) is 110 Å². The molecule has 0 radical (unpaired) electrons. The normalized spacial score (nSPS) is 13.9. The van der Waals surface area contributed by atoms with Crippen LogP contribution in [0.25, 0.3) is 22.8 Å². The summed E-state index contributed by atoms with van der Waals surface area (Å²) < 4.78 is 1.58. The molecule has 2 aromatic carbocycles. The minimum Gasteiger partial charge on any atom is -0.370 e. The van der Waals surface area contributed by atoms with Crippen LogP contribution in [-0.4, -0.2) is 39.6 Å². The van der Waals surface area contributed by atoms with Gasteiger partial charge in [0.2, 0.25) is 0 Å². The third kappa shape index (κ3) is 10.4. The van der Waals surface area contributed by atoms with Gasteiger partial charge in [-0.3, -0.25) is 9.56 Å². The first-order valence-electron chi connectivity index (χ1n) is 17.6. The van der Waals surface area contributed by atoms with Gasteiger partial charge in [-0.05, 0) is 104 Å². The summed E-state index contributed by atoms with van der Waals surface area (Å²) in [5.41, 5.74) is 25.9. The molecule has 2 atom stereocenters. The van der Waals surface area contributed by atoms with Crippen molar-refractivity contribution in [1.82, 2.24) is 19.9 Å². The van der Waals surface area contributed by atoms with Crippen molar-refractivity contribution in [3.63, 3.8) is 0 Å². The molecule has 5 rings (SSSR count). The number of rotatable bonds is 11. The van der Waals surface area contributed by atoms with Gasteiger partial charge in [-0.25, -0.2) is 4.79 Å². The number of nitrogens with one attached hydrogen (secondary N) is 2. The van der Waals surface area contributed by atoms with Crippen LogP contribution in [-0.2, 0) is 23.7 Å². The zero-order valence-electron chi connectivity index (χ0n) is 30.9. The minimum atomic E-state index is -0.302. The van der Waals surface area contributed by atoms with Crippen molar-refractivity contribution in [1.29, 1.82) is 0 Å². The van der Waals surface area contributed by atoms with Gasteiger partial charge in [-0.1, -0.05) is 78.0 Å². The number of fused-ring (bicyclic) bond motifs is 2. The summed E-state index contributed by atoms with van der Waals surface area (Å²) in [7, 11) is 0. The molecule has 0 unspecified atom stereocenters. The number of aliphatic imine (C=N–C) groups is 1. The molecular weight excluding hydrogens is 608 g/mol. The lowest BCUT2D eigenvalue weighted by Crippen LogP contribution is -2.24. The van der Waals surface area contributed by atoms with E-state index in [0.29, 0.717) is 18.2 Å². The first kappa shape index (κ1) is 37.6. The molecule has 9 heteroatoms. The molecular formula is C40H58N8O. The van der Waals surface area contributed by atoms with Crippen LogP contribution in [0, 0.1) is 0 Å². The predicted molar refractivity (Wildman–Crippen MR) is 207 cm³/mol. The Morgan fingerprint density at radius 1 is 1.02 bits per heavy atom. The molecule has 1 aliphatic rings. The SMILES string of the molecule is C[C@H](N)CCCc1cc2c(c(C(C)(C)C)c1)CC=C2.C[C@H](NCCCN=C(N)N)c1ccc(-n2cc3cc(C(C)(C)C)[nH]c3nc2=O)cc1. The lowest BCUT2D eigenvalue weighted by Gasteiger charge is -2.24. The molecule has 0 saturated carbocycles. The van der Waals surface area contributed by atoms with E-state index in [-0.39, 0.29) is 28.5 Å². The smallest absolute Gasteiger partial charge is 0.354 e. The van der Waals surface area contributed by atoms with E-state index in [1.54, 1.807) is 4.57 Å². The molecule has 1 aliphatic carbocycles. The summed E-state index contributed by atoms with van der Waals surface area (Å²) in [6.07, 6.45) is 11.8. The fourth-order valence-corrected chi connectivity index (χ4v) is 6.11. The second kappa shape index (κ2) is 16.0. The summed E-state index contributed by atoms with van der Waals surface area (Å²) in [6, 6.07) is 15.3. The molecule has 2 heterocycles. The number of hydrogen-bond donors (Lipinski definition) is 5. The average Bonchev–Trinajstić information content (AvgIpc) is 3.66. The molecule has 0 bridgehead atoms. The largest absolute Gasteiger partial charge is 0.370 e. The van der Waals surface area contributed by atoms with E-state index in [2.05, 4.69) is 106 Å². The van der Waals surface area contributed by atoms with Crippen LogP contribution in [0.5, 0.6) is 0 Å². The highest BCUT2D eigenvalue weighted by Gasteiger charge is 2.22. The number of benzene rings is 2. The Balaban J connectivity index is 0.000000244. The number of guanidine groups is 1. The number of H-pyrrole nitrogens is 1. The molecule has 4 aromatic rings. The van der Waals surface area contributed by atoms with E-state index in [4.69, 9.17) is 17.2 Å². The predicted octanol–water partition coefficient (Wildman–Crippen LogP) is 6.55. The average molecular weight is 667 g/mol. The van der Waals surface area contributed by atoms with Gasteiger partial charge in [0.1, 0.15) is 5.65 Å². The fraction of sp³-hybridized carbons (Fsp3) is 0.475. The second-order valence-electron chi connectivity index (χ2n) is 15.5. The van der Waals surface area contributed by atoms with Crippen LogP contribution in [0.15, 0.2) is 64.5 Å². The lowest BCUT2D eigenvalue weighted by molar-refractivity contribution is 0.562. The van der Waals surface area contributed by atoms with E-state index in [1.807, 2.05) is 30.5 Å². The Hall–Kier alpha value is -4.21. The molecule has 0 fully saturated rings. The Labute approximate surface area is 292 Å². The monoisotopic (exact) mass is 666 g/mol. The van der Waals surface area contributed by atoms with Gasteiger partial charge in [-0.15, -0.1) is 0 Å². The van der Waals surface area contributed by atoms with E-state index in [1.165, 1.54) is 28.7 Å². The van der Waals surface area contributed by atoms with Gasteiger partial charge in [-0.2, -0.15) is 4.98 Å². The standard InChI is InChI=1S/C22H31N7O.C18H27N/c1-14(25-10-5-11-26-20(23)24)15-6-8-17(9-7-15)29-13-16-12-18(22(2,3)4)27-19(16)28-21(29)30;1-13(19)7-5-8-14-11-15-9-6-10-16(15)17(12-14)18(2,3)4/h6-9,12-14,25H,5,10-11H2,1-4H3,(H4,23,24,26)(H,27,28,30);6,9,11-13H,5,7-8,10,19H2,1-4H3/t14-;13-/m00/s1. The van der Waals surface area contributed by atoms with Gasteiger partial charge in [0, 0.05) is 41.3 Å². The third-order valence-corrected chi connectivity index (χ3v) is 8.96. The Morgan fingerprint density at radius 2 is 1.73 bits per heavy atom. The van der Waals surface area contributed by atoms with E-state index < -0.39 is 0 Å². The fourth-order valence-electron chi connectivity index (χ4n) is 6.11. The van der Waals surface area contributed by atoms with Gasteiger partial charge in [0.05, 0.1) is 5.69 Å². The van der Waals surface area contributed by atoms with Crippen LogP contribution in [0.3, 0.4) is 0 Å². The Kier molecular flexibility index (Phi) is 12.3. The van der Waals surface area contributed by atoms with Crippen LogP contribution in [0.2, 0.25) is 0 Å². The number of nitrogens with zero attached hydrogens (tertiary/aromatic N) is 3. The van der Waals surface area contributed by atoms with Gasteiger partial charge in [0.25, 0.3) is 0 Å². The van der Waals surface area contributed by atoms with Gasteiger partial charge < -0.3 is 27.5 Å². The van der Waals surface area contributed by atoms with Crippen LogP contribution in [0.4, 0.5) is 0 Å². The zero-order valence-corrected chi connectivity index (χ0v) is 30.9. The number of hydrogen-bond acceptors (Lipinski definition) is 5. The van der Waals surface area contributed by atoms with Crippen LogP contribution >= 0.6 is 0 Å². The van der Waals surface area contributed by atoms with Crippen molar-refractivity contribution in [2.75, 3.05) is 13.1 Å². The van der Waals surface area contributed by atoms with E-state index in [9.17, 15) is 4.79 Å². The molecule has 0 aliphatic heterocycles. The van der Waals surface area contributed by atoms with Crippen LogP contribution in [0.1, 0.15) is 114 Å². The maximum absolute atomic E-state index is 12.6. The quantitative estimate of drug-likeness (QED) is 0.0695. The number of allylic oxidation sites excluding steroid dienone is 1. The molecule has 8 N–H and O–H groups in total. The maximum atomic E-state index is 12.6. The summed E-state index contributed by atoms with van der Waals surface area (Å²) in [4.78, 5) is 24.0. The summed E-state index contributed by atoms with van der Waals surface area (Å²) >= 11 is 0. The molecule has 9 nitrogen and oxygen atoms in total. The van der Waals surface area contributed by atoms with Crippen LogP contribution < -0.4 is 28.2 Å². The zero-order chi connectivity index (χ0) is 35.9. The molecule has 49 heavy (non-hydrogen) atoms. The first-order valence-corrected chi connectivity index (χ1v) is 17.6. The molecule has 0 saturated heterocycles. The van der Waals surface area contributed by atoms with E-state index in [0.717, 1.165) is 54.6 Å². The third-order valence-electron chi connectivity index (χ3n) is 8.96. The molecule has 0 amide bonds. The highest BCUT2D eigenvalue weighted by atomic mass is 16.1. The van der Waals surface area contributed by atoms with Gasteiger partial charge >= 0.3 is 5.69 Å². The first-order chi connectivity index (χ1) is 23.0. The second-order valence-corrected chi connectivity index (χ2v) is 15.5. The summed E-state index contributed by atoms with van der Waals surface area (Å²) in [5.74, 6) is 0.121. The number of aryl methyl sites for hydroxylation is 1.